The molecule has 6 rings (SSSR count). The monoisotopic (exact) mass is 690 g/mol. The van der Waals surface area contributed by atoms with E-state index in [-0.39, 0.29) is 36.7 Å². The number of anilines is 1. The average Bonchev–Trinajstić information content (AvgIpc) is 3.28. The molecule has 270 valence electrons. The van der Waals surface area contributed by atoms with Gasteiger partial charge in [0.05, 0.1) is 6.54 Å². The molecule has 3 fully saturated rings. The third kappa shape index (κ3) is 8.32. The summed E-state index contributed by atoms with van der Waals surface area (Å²) in [4.78, 5) is 61.6. The standard InChI is InChI=1S/C37H50N6O7/c1-25-21-27(22-26(2)34(25)46)23-32(35(47)41-12-8-29(9-13-41)40-19-17-39(18-20-40)24-33(44)45)50-37(49)42-14-10-30(11-15-42)43-16-7-28-5-3-4-6-31(28)38-36(43)48/h3-6,21-22,29-30,32,46H,7-20,23-24H2,1-2H3,(H,38,48)(H,44,45)/t32-/m1/s1. The number of nitrogens with zero attached hydrogens (tertiary/aromatic N) is 5. The number of fused-ring (bicyclic) bond motifs is 1. The predicted octanol–water partition coefficient (Wildman–Crippen LogP) is 3.30. The van der Waals surface area contributed by atoms with E-state index in [4.69, 9.17) is 9.84 Å². The summed E-state index contributed by atoms with van der Waals surface area (Å²) >= 11 is 0. The molecular formula is C37H50N6O7. The van der Waals surface area contributed by atoms with Gasteiger partial charge in [-0.05, 0) is 74.3 Å². The number of rotatable bonds is 8. The van der Waals surface area contributed by atoms with Crippen LogP contribution in [-0.2, 0) is 27.2 Å². The molecule has 0 saturated carbocycles. The Morgan fingerprint density at radius 3 is 2.14 bits per heavy atom. The zero-order chi connectivity index (χ0) is 35.4. The number of para-hydroxylation sites is 1. The highest BCUT2D eigenvalue weighted by atomic mass is 16.6. The van der Waals surface area contributed by atoms with E-state index < -0.39 is 18.2 Å². The SMILES string of the molecule is Cc1cc(C[C@@H](OC(=O)N2CCC(N3CCc4ccccc4NC3=O)CC2)C(=O)N2CCC(N3CCN(CC(=O)O)CC3)CC2)cc(C)c1O. The number of hydrogen-bond acceptors (Lipinski definition) is 8. The van der Waals surface area contributed by atoms with Gasteiger partial charge in [0.1, 0.15) is 5.75 Å². The van der Waals surface area contributed by atoms with Crippen molar-refractivity contribution in [1.29, 1.82) is 0 Å². The quantitative estimate of drug-likeness (QED) is 0.380. The molecule has 2 aromatic carbocycles. The van der Waals surface area contributed by atoms with Gasteiger partial charge in [-0.3, -0.25) is 19.4 Å². The van der Waals surface area contributed by atoms with Crippen LogP contribution in [0.25, 0.3) is 0 Å². The minimum Gasteiger partial charge on any atom is -0.507 e. The summed E-state index contributed by atoms with van der Waals surface area (Å²) in [6.07, 6.45) is 2.24. The van der Waals surface area contributed by atoms with Crippen LogP contribution in [0.1, 0.15) is 47.9 Å². The summed E-state index contributed by atoms with van der Waals surface area (Å²) in [7, 11) is 0. The second-order valence-electron chi connectivity index (χ2n) is 14.2. The number of piperidine rings is 2. The maximum absolute atomic E-state index is 14.1. The molecule has 1 atom stereocenters. The van der Waals surface area contributed by atoms with Crippen molar-refractivity contribution in [3.8, 4) is 5.75 Å². The number of nitrogens with one attached hydrogen (secondary N) is 1. The van der Waals surface area contributed by atoms with Gasteiger partial charge in [0.25, 0.3) is 5.91 Å². The molecule has 2 aromatic rings. The van der Waals surface area contributed by atoms with Crippen LogP contribution in [0.3, 0.4) is 0 Å². The van der Waals surface area contributed by atoms with E-state index in [2.05, 4.69) is 10.2 Å². The highest BCUT2D eigenvalue weighted by molar-refractivity contribution is 5.91. The van der Waals surface area contributed by atoms with E-state index >= 15 is 0 Å². The fourth-order valence-corrected chi connectivity index (χ4v) is 7.98. The summed E-state index contributed by atoms with van der Waals surface area (Å²) in [5, 5.41) is 22.5. The van der Waals surface area contributed by atoms with Crippen molar-refractivity contribution in [1.82, 2.24) is 24.5 Å². The number of carbonyl (C=O) groups excluding carboxylic acids is 3. The average molecular weight is 691 g/mol. The molecule has 13 heteroatoms. The minimum absolute atomic E-state index is 0.00446. The second-order valence-corrected chi connectivity index (χ2v) is 14.2. The largest absolute Gasteiger partial charge is 0.507 e. The lowest BCUT2D eigenvalue weighted by Gasteiger charge is -2.43. The molecule has 4 aliphatic heterocycles. The van der Waals surface area contributed by atoms with Crippen molar-refractivity contribution in [2.75, 3.05) is 70.8 Å². The van der Waals surface area contributed by atoms with Crippen molar-refractivity contribution in [2.45, 2.75) is 70.6 Å². The first-order valence-corrected chi connectivity index (χ1v) is 17.9. The Bertz CT molecular complexity index is 1540. The maximum atomic E-state index is 14.1. The number of aliphatic carboxylic acids is 1. The number of benzene rings is 2. The van der Waals surface area contributed by atoms with Crippen LogP contribution >= 0.6 is 0 Å². The number of hydrogen-bond donors (Lipinski definition) is 3. The van der Waals surface area contributed by atoms with Gasteiger partial charge in [0, 0.05) is 83.1 Å². The van der Waals surface area contributed by atoms with Crippen LogP contribution in [0, 0.1) is 13.8 Å². The molecule has 3 saturated heterocycles. The molecule has 13 nitrogen and oxygen atoms in total. The number of carboxylic acids is 1. The number of ether oxygens (including phenoxy) is 1. The highest BCUT2D eigenvalue weighted by Crippen LogP contribution is 2.27. The number of piperazine rings is 1. The van der Waals surface area contributed by atoms with Crippen molar-refractivity contribution in [3.63, 3.8) is 0 Å². The molecular weight excluding hydrogens is 640 g/mol. The molecule has 4 heterocycles. The Morgan fingerprint density at radius 2 is 1.48 bits per heavy atom. The number of carbonyl (C=O) groups is 4. The third-order valence-electron chi connectivity index (χ3n) is 10.9. The van der Waals surface area contributed by atoms with E-state index in [9.17, 15) is 24.3 Å². The summed E-state index contributed by atoms with van der Waals surface area (Å²) in [6.45, 7) is 9.27. The number of aromatic hydroxyl groups is 1. The van der Waals surface area contributed by atoms with Gasteiger partial charge in [-0.2, -0.15) is 0 Å². The van der Waals surface area contributed by atoms with Gasteiger partial charge in [0.15, 0.2) is 6.10 Å². The normalized spacial score (nSPS) is 20.5. The van der Waals surface area contributed by atoms with Gasteiger partial charge >= 0.3 is 18.1 Å². The molecule has 0 spiro atoms. The Labute approximate surface area is 293 Å². The molecule has 0 radical (unpaired) electrons. The van der Waals surface area contributed by atoms with Crippen LogP contribution in [0.15, 0.2) is 36.4 Å². The van der Waals surface area contributed by atoms with E-state index in [1.807, 2.05) is 60.0 Å². The van der Waals surface area contributed by atoms with Gasteiger partial charge in [-0.15, -0.1) is 0 Å². The van der Waals surface area contributed by atoms with E-state index in [1.54, 1.807) is 9.80 Å². The van der Waals surface area contributed by atoms with E-state index in [0.717, 1.165) is 49.2 Å². The molecule has 50 heavy (non-hydrogen) atoms. The van der Waals surface area contributed by atoms with Gasteiger partial charge < -0.3 is 35.0 Å². The van der Waals surface area contributed by atoms with Gasteiger partial charge in [-0.25, -0.2) is 9.59 Å². The molecule has 0 unspecified atom stereocenters. The Balaban J connectivity index is 1.06. The Morgan fingerprint density at radius 1 is 0.860 bits per heavy atom. The zero-order valence-corrected chi connectivity index (χ0v) is 29.2. The number of aryl methyl sites for hydroxylation is 2. The van der Waals surface area contributed by atoms with Crippen LogP contribution in [-0.4, -0.2) is 142 Å². The lowest BCUT2D eigenvalue weighted by molar-refractivity contribution is -0.142. The number of phenolic OH excluding ortho intramolecular Hbond substituents is 1. The molecule has 0 bridgehead atoms. The highest BCUT2D eigenvalue weighted by Gasteiger charge is 2.36. The van der Waals surface area contributed by atoms with Crippen molar-refractivity contribution in [2.24, 2.45) is 0 Å². The molecule has 4 aliphatic rings. The Kier molecular flexibility index (Phi) is 11.1. The number of urea groups is 1. The first kappa shape index (κ1) is 35.5. The van der Waals surface area contributed by atoms with Crippen molar-refractivity contribution in [3.05, 3.63) is 58.7 Å². The maximum Gasteiger partial charge on any atom is 0.410 e. The van der Waals surface area contributed by atoms with Crippen molar-refractivity contribution >= 4 is 29.7 Å². The smallest absolute Gasteiger partial charge is 0.410 e. The summed E-state index contributed by atoms with van der Waals surface area (Å²) in [5.74, 6) is -0.817. The van der Waals surface area contributed by atoms with E-state index in [0.29, 0.717) is 75.8 Å². The third-order valence-corrected chi connectivity index (χ3v) is 10.9. The molecule has 3 N–H and O–H groups in total. The summed E-state index contributed by atoms with van der Waals surface area (Å²) < 4.78 is 6.05. The van der Waals surface area contributed by atoms with Crippen LogP contribution in [0.4, 0.5) is 15.3 Å². The number of amides is 4. The number of carboxylic acid groups (broad SMARTS) is 1. The van der Waals surface area contributed by atoms with Gasteiger partial charge in [0.2, 0.25) is 0 Å². The molecule has 0 aromatic heterocycles. The molecule has 4 amide bonds. The lowest BCUT2D eigenvalue weighted by Crippen LogP contribution is -2.55. The number of likely N-dealkylation sites (tertiary alicyclic amines) is 2. The van der Waals surface area contributed by atoms with E-state index in [1.165, 1.54) is 0 Å². The van der Waals surface area contributed by atoms with Crippen LogP contribution in [0.5, 0.6) is 5.75 Å². The Hall–Kier alpha value is -4.36. The fourth-order valence-electron chi connectivity index (χ4n) is 7.98. The fraction of sp³-hybridized carbons (Fsp3) is 0.568. The summed E-state index contributed by atoms with van der Waals surface area (Å²) in [5.41, 5.74) is 4.16. The zero-order valence-electron chi connectivity index (χ0n) is 29.2. The van der Waals surface area contributed by atoms with Crippen molar-refractivity contribution < 1.29 is 34.1 Å². The summed E-state index contributed by atoms with van der Waals surface area (Å²) in [6, 6.07) is 11.7. The second kappa shape index (κ2) is 15.7. The lowest BCUT2D eigenvalue weighted by atomic mass is 9.98. The first-order valence-electron chi connectivity index (χ1n) is 17.9. The first-order chi connectivity index (χ1) is 24.0. The number of phenols is 1. The predicted molar refractivity (Wildman–Crippen MR) is 187 cm³/mol. The van der Waals surface area contributed by atoms with Crippen LogP contribution in [0.2, 0.25) is 0 Å². The topological polar surface area (TPSA) is 146 Å². The minimum atomic E-state index is -1.02. The van der Waals surface area contributed by atoms with Crippen LogP contribution < -0.4 is 5.32 Å². The van der Waals surface area contributed by atoms with Gasteiger partial charge in [-0.1, -0.05) is 30.3 Å². The molecule has 0 aliphatic carbocycles.